The number of aliphatic carboxylic acids is 1. The Morgan fingerprint density at radius 2 is 1.53 bits per heavy atom. The van der Waals surface area contributed by atoms with E-state index < -0.39 is 102 Å². The van der Waals surface area contributed by atoms with E-state index in [0.29, 0.717) is 0 Å². The number of hydrogen-bond donors (Lipinski definition) is 4. The molecule has 2 rings (SSSR count). The molecule has 2 aliphatic heterocycles. The number of hydrogen-bond acceptors (Lipinski definition) is 15. The summed E-state index contributed by atoms with van der Waals surface area (Å²) >= 11 is 0. The molecule has 43 heavy (non-hydrogen) atoms. The first-order valence-corrected chi connectivity index (χ1v) is 14.1. The number of carboxylic acids is 1. The molecule has 0 aromatic carbocycles. The Kier molecular flexibility index (Phi) is 16.7. The summed E-state index contributed by atoms with van der Waals surface area (Å²) in [6.45, 7) is 4.06. The van der Waals surface area contributed by atoms with Crippen molar-refractivity contribution >= 4 is 28.2 Å². The van der Waals surface area contributed by atoms with Gasteiger partial charge in [-0.3, -0.25) is 8.98 Å². The number of esters is 1. The van der Waals surface area contributed by atoms with Gasteiger partial charge in [-0.05, 0) is 6.92 Å². The molecule has 2 saturated heterocycles. The van der Waals surface area contributed by atoms with E-state index >= 15 is 0 Å². The summed E-state index contributed by atoms with van der Waals surface area (Å²) in [6, 6.07) is -0.940. The number of aliphatic hydroxyl groups is 2. The normalized spacial score (nSPS) is 32.7. The van der Waals surface area contributed by atoms with Gasteiger partial charge in [0.15, 0.2) is 12.2 Å². The maximum absolute atomic E-state index is 12.3. The number of carboxylic acid groups (broad SMARTS) is 1. The number of carbonyl (C=O) groups excluding carboxylic acids is 2. The first-order chi connectivity index (χ1) is 19.6. The smallest absolute Gasteiger partial charge is 0.726 e. The topological polar surface area (TPSA) is 246 Å². The van der Waals surface area contributed by atoms with E-state index in [1.165, 1.54) is 28.1 Å². The minimum Gasteiger partial charge on any atom is -0.726 e. The average Bonchev–Trinajstić information content (AvgIpc) is 2.88. The van der Waals surface area contributed by atoms with Gasteiger partial charge in [0.1, 0.15) is 24.4 Å². The van der Waals surface area contributed by atoms with Crippen LogP contribution >= 0.6 is 0 Å². The van der Waals surface area contributed by atoms with Crippen LogP contribution < -0.4 is 34.9 Å². The maximum Gasteiger partial charge on any atom is 1.00 e. The summed E-state index contributed by atoms with van der Waals surface area (Å²) in [4.78, 5) is 36.2. The maximum atomic E-state index is 12.3. The van der Waals surface area contributed by atoms with Gasteiger partial charge in [-0.25, -0.2) is 18.0 Å². The molecule has 0 saturated carbocycles. The van der Waals surface area contributed by atoms with Crippen molar-refractivity contribution in [1.82, 2.24) is 5.32 Å². The third kappa shape index (κ3) is 11.6. The SMILES string of the molecule is C=C(C)C(=O)OC1[C@H](COC[C@H]2C(NC(C)=O)[C@H](COC)OC(COS(=O)(=O)[O-])[C@@H]2O)OC(C(=O)O)[C@@H](COC)[C@H]1O.[Na+]. The van der Waals surface area contributed by atoms with Crippen LogP contribution in [0, 0.1) is 11.8 Å². The molecule has 0 spiro atoms. The van der Waals surface area contributed by atoms with Gasteiger partial charge < -0.3 is 53.6 Å². The molecule has 0 bridgehead atoms. The largest absolute Gasteiger partial charge is 1.00 e. The summed E-state index contributed by atoms with van der Waals surface area (Å²) in [6.07, 6.45) is -9.65. The van der Waals surface area contributed by atoms with Gasteiger partial charge >= 0.3 is 41.5 Å². The average molecular weight is 652 g/mol. The van der Waals surface area contributed by atoms with Gasteiger partial charge in [0.05, 0.1) is 45.2 Å². The molecular weight excluding hydrogens is 613 g/mol. The van der Waals surface area contributed by atoms with E-state index in [2.05, 4.69) is 16.1 Å². The van der Waals surface area contributed by atoms with Crippen molar-refractivity contribution in [2.45, 2.75) is 62.6 Å². The quantitative estimate of drug-likeness (QED) is 0.0424. The van der Waals surface area contributed by atoms with Crippen LogP contribution in [0.25, 0.3) is 0 Å². The zero-order chi connectivity index (χ0) is 31.8. The molecule has 19 heteroatoms. The van der Waals surface area contributed by atoms with Crippen LogP contribution in [0.5, 0.6) is 0 Å². The van der Waals surface area contributed by atoms with Crippen molar-refractivity contribution in [3.05, 3.63) is 12.2 Å². The fourth-order valence-corrected chi connectivity index (χ4v) is 5.14. The predicted octanol–water partition coefficient (Wildman–Crippen LogP) is -5.66. The third-order valence-electron chi connectivity index (χ3n) is 6.75. The van der Waals surface area contributed by atoms with Gasteiger partial charge in [0, 0.05) is 38.6 Å². The number of nitrogens with one attached hydrogen (secondary N) is 1. The van der Waals surface area contributed by atoms with Crippen molar-refractivity contribution in [1.29, 1.82) is 0 Å². The Morgan fingerprint density at radius 1 is 0.907 bits per heavy atom. The fourth-order valence-electron chi connectivity index (χ4n) is 4.84. The Bertz CT molecular complexity index is 1060. The molecule has 0 aromatic rings. The number of rotatable bonds is 15. The van der Waals surface area contributed by atoms with E-state index in [1.54, 1.807) is 0 Å². The second-order valence-electron chi connectivity index (χ2n) is 9.97. The van der Waals surface area contributed by atoms with Crippen molar-refractivity contribution in [2.24, 2.45) is 11.8 Å². The third-order valence-corrected chi connectivity index (χ3v) is 7.17. The Balaban J connectivity index is 0.00000924. The summed E-state index contributed by atoms with van der Waals surface area (Å²) < 4.78 is 69.9. The molecule has 2 heterocycles. The first-order valence-electron chi connectivity index (χ1n) is 12.8. The van der Waals surface area contributed by atoms with Crippen molar-refractivity contribution in [3.8, 4) is 0 Å². The molecule has 1 amide bonds. The first kappa shape index (κ1) is 39.8. The zero-order valence-electron chi connectivity index (χ0n) is 24.6. The molecule has 4 unspecified atom stereocenters. The molecule has 0 aliphatic carbocycles. The van der Waals surface area contributed by atoms with Gasteiger partial charge in [-0.1, -0.05) is 6.58 Å². The summed E-state index contributed by atoms with van der Waals surface area (Å²) in [5.74, 6) is -4.90. The van der Waals surface area contributed by atoms with Gasteiger partial charge in [0.2, 0.25) is 16.3 Å². The van der Waals surface area contributed by atoms with Crippen molar-refractivity contribution < 1.29 is 105 Å². The summed E-state index contributed by atoms with van der Waals surface area (Å²) in [5, 5.41) is 34.3. The molecule has 2 fully saturated rings. The van der Waals surface area contributed by atoms with E-state index in [4.69, 9.17) is 28.4 Å². The molecule has 17 nitrogen and oxygen atoms in total. The standard InChI is InChI=1S/C24H39NO16S.Na/c1-11(2)24(31)41-22-17(40-21(23(29)30)14(6-35-4)20(22)28)9-37-7-13-18(25-12(3)26)15(8-36-5)39-16(19(13)27)10-38-42(32,33)34;/h13-22,27-28H,1,6-10H2,2-5H3,(H,25,26)(H,29,30)(H,32,33,34);/q;+1/p-1/t13-,14-,15-,16?,17-,18?,19+,20+,21?,22?;/m0./s1. The molecule has 0 aromatic heterocycles. The second-order valence-corrected chi connectivity index (χ2v) is 11.0. The Hall–Kier alpha value is -1.26. The van der Waals surface area contributed by atoms with Gasteiger partial charge in [-0.2, -0.15) is 0 Å². The van der Waals surface area contributed by atoms with Crippen LogP contribution in [-0.2, 0) is 57.4 Å². The second kappa shape index (κ2) is 18.0. The Morgan fingerprint density at radius 3 is 2.05 bits per heavy atom. The van der Waals surface area contributed by atoms with Gasteiger partial charge in [-0.15, -0.1) is 0 Å². The van der Waals surface area contributed by atoms with Crippen LogP contribution in [0.2, 0.25) is 0 Å². The van der Waals surface area contributed by atoms with Crippen LogP contribution in [-0.4, -0.2) is 142 Å². The fraction of sp³-hybridized carbons (Fsp3) is 0.792. The molecule has 0 radical (unpaired) electrons. The van der Waals surface area contributed by atoms with E-state index in [0.717, 1.165) is 0 Å². The van der Waals surface area contributed by atoms with Crippen molar-refractivity contribution in [2.75, 3.05) is 47.3 Å². The summed E-state index contributed by atoms with van der Waals surface area (Å²) in [5.41, 5.74) is 0.00605. The minimum atomic E-state index is -5.12. The molecule has 10 atom stereocenters. The van der Waals surface area contributed by atoms with E-state index in [1.807, 2.05) is 0 Å². The van der Waals surface area contributed by atoms with Crippen LogP contribution in [0.1, 0.15) is 13.8 Å². The minimum absolute atomic E-state index is 0. The van der Waals surface area contributed by atoms with Crippen LogP contribution in [0.15, 0.2) is 12.2 Å². The predicted molar refractivity (Wildman–Crippen MR) is 136 cm³/mol. The number of methoxy groups -OCH3 is 2. The number of carbonyl (C=O) groups is 3. The van der Waals surface area contributed by atoms with Crippen molar-refractivity contribution in [3.63, 3.8) is 0 Å². The molecule has 2 aliphatic rings. The van der Waals surface area contributed by atoms with E-state index in [9.17, 15) is 42.7 Å². The van der Waals surface area contributed by atoms with Crippen LogP contribution in [0.4, 0.5) is 0 Å². The summed E-state index contributed by atoms with van der Waals surface area (Å²) in [7, 11) is -2.49. The monoisotopic (exact) mass is 651 g/mol. The van der Waals surface area contributed by atoms with E-state index in [-0.39, 0.29) is 55.0 Å². The Labute approximate surface area is 271 Å². The molecule has 4 N–H and O–H groups in total. The molecule has 242 valence electrons. The molecular formula is C24H38NNaO16S. The number of amides is 1. The zero-order valence-corrected chi connectivity index (χ0v) is 27.4. The number of aliphatic hydroxyl groups excluding tert-OH is 2. The van der Waals surface area contributed by atoms with Crippen LogP contribution in [0.3, 0.4) is 0 Å². The van der Waals surface area contributed by atoms with Gasteiger partial charge in [0.25, 0.3) is 0 Å². The number of ether oxygens (including phenoxy) is 6.